The molecular weight excluding hydrogens is 284 g/mol. The second kappa shape index (κ2) is 6.52. The number of hydrogen-bond donors (Lipinski definition) is 2. The molecule has 0 aromatic carbocycles. The van der Waals surface area contributed by atoms with E-state index in [4.69, 9.17) is 4.42 Å². The van der Waals surface area contributed by atoms with Crippen LogP contribution >= 0.6 is 0 Å². The van der Waals surface area contributed by atoms with Crippen LogP contribution < -0.4 is 5.32 Å². The van der Waals surface area contributed by atoms with Crippen LogP contribution in [-0.4, -0.2) is 41.5 Å². The summed E-state index contributed by atoms with van der Waals surface area (Å²) in [6.07, 6.45) is 2.34. The molecule has 122 valence electrons. The minimum absolute atomic E-state index is 0.0227. The van der Waals surface area contributed by atoms with Gasteiger partial charge >= 0.3 is 0 Å². The number of carbonyl (C=O) groups excluding carboxylic acids is 2. The van der Waals surface area contributed by atoms with Gasteiger partial charge in [0, 0.05) is 18.5 Å². The standard InChI is InChI=1S/C16H24N2O4/c1-11-8-13(12(2)22-11)16(3,21)10-17-14(19)9-18-7-5-4-6-15(18)20/h8,21H,4-7,9-10H2,1-3H3,(H,17,19). The Morgan fingerprint density at radius 3 is 2.77 bits per heavy atom. The minimum atomic E-state index is -1.20. The molecule has 0 saturated carbocycles. The third kappa shape index (κ3) is 3.88. The molecule has 1 aliphatic heterocycles. The van der Waals surface area contributed by atoms with Gasteiger partial charge < -0.3 is 19.7 Å². The van der Waals surface area contributed by atoms with Crippen LogP contribution in [0.15, 0.2) is 10.5 Å². The van der Waals surface area contributed by atoms with Gasteiger partial charge in [-0.05, 0) is 39.7 Å². The van der Waals surface area contributed by atoms with Gasteiger partial charge in [0.1, 0.15) is 17.1 Å². The van der Waals surface area contributed by atoms with E-state index in [0.29, 0.717) is 24.3 Å². The average Bonchev–Trinajstić information content (AvgIpc) is 2.79. The van der Waals surface area contributed by atoms with E-state index in [1.54, 1.807) is 24.8 Å². The highest BCUT2D eigenvalue weighted by Gasteiger charge is 2.29. The maximum atomic E-state index is 12.0. The van der Waals surface area contributed by atoms with Gasteiger partial charge in [-0.25, -0.2) is 0 Å². The normalized spacial score (nSPS) is 18.2. The van der Waals surface area contributed by atoms with Gasteiger partial charge in [-0.15, -0.1) is 0 Å². The van der Waals surface area contributed by atoms with Crippen LogP contribution in [0.1, 0.15) is 43.3 Å². The third-order valence-electron chi connectivity index (χ3n) is 4.01. The Bertz CT molecular complexity index is 562. The number of likely N-dealkylation sites (tertiary alicyclic amines) is 1. The predicted octanol–water partition coefficient (Wildman–Crippen LogP) is 1.23. The van der Waals surface area contributed by atoms with Crippen LogP contribution in [-0.2, 0) is 15.2 Å². The monoisotopic (exact) mass is 308 g/mol. The Balaban J connectivity index is 1.89. The highest BCUT2D eigenvalue weighted by Crippen LogP contribution is 2.26. The maximum absolute atomic E-state index is 12.0. The van der Waals surface area contributed by atoms with Crippen LogP contribution in [0.2, 0.25) is 0 Å². The zero-order valence-corrected chi connectivity index (χ0v) is 13.4. The van der Waals surface area contributed by atoms with Crippen LogP contribution in [0.5, 0.6) is 0 Å². The molecule has 2 heterocycles. The van der Waals surface area contributed by atoms with Gasteiger partial charge in [0.05, 0.1) is 13.1 Å². The molecule has 1 atom stereocenters. The van der Waals surface area contributed by atoms with E-state index in [1.165, 1.54) is 0 Å². The van der Waals surface area contributed by atoms with E-state index in [1.807, 2.05) is 6.92 Å². The molecule has 22 heavy (non-hydrogen) atoms. The van der Waals surface area contributed by atoms with Crippen molar-refractivity contribution in [1.82, 2.24) is 10.2 Å². The highest BCUT2D eigenvalue weighted by molar-refractivity contribution is 5.85. The Hall–Kier alpha value is -1.82. The van der Waals surface area contributed by atoms with Crippen molar-refractivity contribution < 1.29 is 19.1 Å². The number of nitrogens with one attached hydrogen (secondary N) is 1. The van der Waals surface area contributed by atoms with Crippen LogP contribution in [0.3, 0.4) is 0 Å². The van der Waals surface area contributed by atoms with E-state index in [2.05, 4.69) is 5.32 Å². The number of hydrogen-bond acceptors (Lipinski definition) is 4. The SMILES string of the molecule is Cc1cc(C(C)(O)CNC(=O)CN2CCCCC2=O)c(C)o1. The number of furan rings is 1. The first-order valence-electron chi connectivity index (χ1n) is 7.64. The number of aliphatic hydroxyl groups is 1. The van der Waals surface area contributed by atoms with Crippen molar-refractivity contribution in [3.63, 3.8) is 0 Å². The fourth-order valence-electron chi connectivity index (χ4n) is 2.79. The molecule has 2 N–H and O–H groups in total. The summed E-state index contributed by atoms with van der Waals surface area (Å²) in [6.45, 7) is 5.99. The van der Waals surface area contributed by atoms with Crippen LogP contribution in [0, 0.1) is 13.8 Å². The Morgan fingerprint density at radius 2 is 2.18 bits per heavy atom. The summed E-state index contributed by atoms with van der Waals surface area (Å²) in [5.41, 5.74) is -0.539. The Labute approximate surface area is 130 Å². The summed E-state index contributed by atoms with van der Waals surface area (Å²) >= 11 is 0. The average molecular weight is 308 g/mol. The van der Waals surface area contributed by atoms with Crippen molar-refractivity contribution >= 4 is 11.8 Å². The number of piperidine rings is 1. The van der Waals surface area contributed by atoms with Crippen molar-refractivity contribution in [3.05, 3.63) is 23.2 Å². The van der Waals surface area contributed by atoms with Crippen molar-refractivity contribution in [1.29, 1.82) is 0 Å². The zero-order chi connectivity index (χ0) is 16.3. The fourth-order valence-corrected chi connectivity index (χ4v) is 2.79. The molecule has 1 aromatic heterocycles. The summed E-state index contributed by atoms with van der Waals surface area (Å²) < 4.78 is 5.42. The summed E-state index contributed by atoms with van der Waals surface area (Å²) in [5.74, 6) is 1.13. The molecule has 1 aliphatic rings. The molecule has 0 spiro atoms. The molecule has 0 bridgehead atoms. The lowest BCUT2D eigenvalue weighted by atomic mass is 9.96. The summed E-state index contributed by atoms with van der Waals surface area (Å²) in [7, 11) is 0. The molecule has 6 nitrogen and oxygen atoms in total. The topological polar surface area (TPSA) is 82.8 Å². The van der Waals surface area contributed by atoms with E-state index in [-0.39, 0.29) is 24.9 Å². The summed E-state index contributed by atoms with van der Waals surface area (Å²) in [5, 5.41) is 13.2. The first-order valence-corrected chi connectivity index (χ1v) is 7.64. The van der Waals surface area contributed by atoms with Gasteiger partial charge in [-0.1, -0.05) is 0 Å². The lowest BCUT2D eigenvalue weighted by Gasteiger charge is -2.27. The first-order chi connectivity index (χ1) is 10.3. The number of carbonyl (C=O) groups is 2. The quantitative estimate of drug-likeness (QED) is 0.857. The molecule has 2 amide bonds. The lowest BCUT2D eigenvalue weighted by molar-refractivity contribution is -0.138. The predicted molar refractivity (Wildman–Crippen MR) is 81.2 cm³/mol. The molecule has 1 fully saturated rings. The maximum Gasteiger partial charge on any atom is 0.239 e. The van der Waals surface area contributed by atoms with E-state index < -0.39 is 5.60 Å². The summed E-state index contributed by atoms with van der Waals surface area (Å²) in [6, 6.07) is 1.77. The molecular formula is C16H24N2O4. The van der Waals surface area contributed by atoms with Crippen molar-refractivity contribution in [2.75, 3.05) is 19.6 Å². The van der Waals surface area contributed by atoms with Crippen molar-refractivity contribution in [3.8, 4) is 0 Å². The molecule has 2 rings (SSSR count). The third-order valence-corrected chi connectivity index (χ3v) is 4.01. The van der Waals surface area contributed by atoms with Crippen LogP contribution in [0.4, 0.5) is 0 Å². The lowest BCUT2D eigenvalue weighted by Crippen LogP contribution is -2.46. The number of rotatable bonds is 5. The van der Waals surface area contributed by atoms with Gasteiger partial charge in [0.25, 0.3) is 0 Å². The number of amides is 2. The van der Waals surface area contributed by atoms with Crippen LogP contribution in [0.25, 0.3) is 0 Å². The van der Waals surface area contributed by atoms with E-state index in [9.17, 15) is 14.7 Å². The molecule has 0 radical (unpaired) electrons. The van der Waals surface area contributed by atoms with Gasteiger partial charge in [0.2, 0.25) is 11.8 Å². The van der Waals surface area contributed by atoms with Crippen molar-refractivity contribution in [2.24, 2.45) is 0 Å². The van der Waals surface area contributed by atoms with E-state index in [0.717, 1.165) is 18.6 Å². The molecule has 0 aliphatic carbocycles. The second-order valence-electron chi connectivity index (χ2n) is 6.15. The van der Waals surface area contributed by atoms with Crippen molar-refractivity contribution in [2.45, 2.75) is 45.6 Å². The minimum Gasteiger partial charge on any atom is -0.466 e. The highest BCUT2D eigenvalue weighted by atomic mass is 16.3. The molecule has 6 heteroatoms. The van der Waals surface area contributed by atoms with Gasteiger partial charge in [-0.2, -0.15) is 0 Å². The second-order valence-corrected chi connectivity index (χ2v) is 6.15. The van der Waals surface area contributed by atoms with Gasteiger partial charge in [-0.3, -0.25) is 9.59 Å². The zero-order valence-electron chi connectivity index (χ0n) is 13.4. The summed E-state index contributed by atoms with van der Waals surface area (Å²) in [4.78, 5) is 25.2. The first kappa shape index (κ1) is 16.5. The van der Waals surface area contributed by atoms with E-state index >= 15 is 0 Å². The largest absolute Gasteiger partial charge is 0.466 e. The smallest absolute Gasteiger partial charge is 0.239 e. The van der Waals surface area contributed by atoms with Gasteiger partial charge in [0.15, 0.2) is 0 Å². The Morgan fingerprint density at radius 1 is 1.45 bits per heavy atom. The number of aryl methyl sites for hydroxylation is 2. The Kier molecular flexibility index (Phi) is 4.90. The number of nitrogens with zero attached hydrogens (tertiary/aromatic N) is 1. The molecule has 1 unspecified atom stereocenters. The molecule has 1 saturated heterocycles. The fraction of sp³-hybridized carbons (Fsp3) is 0.625. The molecule has 1 aromatic rings.